The number of nitrogens with one attached hydrogen (secondary N) is 2. The molecule has 0 bridgehead atoms. The van der Waals surface area contributed by atoms with Crippen LogP contribution in [0.25, 0.3) is 0 Å². The molecule has 2 amide bonds. The van der Waals surface area contributed by atoms with Crippen molar-refractivity contribution in [2.45, 2.75) is 26.8 Å². The molecular formula is C10H21N3O2. The first-order chi connectivity index (χ1) is 6.97. The van der Waals surface area contributed by atoms with Crippen LogP contribution in [0.15, 0.2) is 0 Å². The van der Waals surface area contributed by atoms with Crippen LogP contribution in [-0.4, -0.2) is 49.4 Å². The van der Waals surface area contributed by atoms with E-state index in [-0.39, 0.29) is 18.4 Å². The Morgan fingerprint density at radius 2 is 1.80 bits per heavy atom. The van der Waals surface area contributed by atoms with Gasteiger partial charge in [0.1, 0.15) is 0 Å². The normalized spacial score (nSPS) is 10.5. The third-order valence-electron chi connectivity index (χ3n) is 2.09. The van der Waals surface area contributed by atoms with E-state index in [2.05, 4.69) is 10.6 Å². The molecular weight excluding hydrogens is 194 g/mol. The number of nitrogens with zero attached hydrogens (tertiary/aromatic N) is 1. The summed E-state index contributed by atoms with van der Waals surface area (Å²) in [5.41, 5.74) is 0. The lowest BCUT2D eigenvalue weighted by Crippen LogP contribution is -2.42. The van der Waals surface area contributed by atoms with E-state index in [4.69, 9.17) is 0 Å². The van der Waals surface area contributed by atoms with E-state index in [1.807, 2.05) is 32.7 Å². The summed E-state index contributed by atoms with van der Waals surface area (Å²) >= 11 is 0. The van der Waals surface area contributed by atoms with Gasteiger partial charge in [-0.1, -0.05) is 0 Å². The van der Waals surface area contributed by atoms with Crippen LogP contribution in [0.1, 0.15) is 20.8 Å². The lowest BCUT2D eigenvalue weighted by molar-refractivity contribution is -0.126. The minimum atomic E-state index is -0.155. The predicted octanol–water partition coefficient (Wildman–Crippen LogP) is -0.421. The van der Waals surface area contributed by atoms with E-state index in [0.717, 1.165) is 0 Å². The molecule has 0 aliphatic rings. The Balaban J connectivity index is 3.70. The van der Waals surface area contributed by atoms with Gasteiger partial charge in [0.25, 0.3) is 0 Å². The predicted molar refractivity (Wildman–Crippen MR) is 59.5 cm³/mol. The Hall–Kier alpha value is -1.10. The number of rotatable bonds is 6. The summed E-state index contributed by atoms with van der Waals surface area (Å²) in [6.07, 6.45) is 0. The topological polar surface area (TPSA) is 61.4 Å². The fourth-order valence-electron chi connectivity index (χ4n) is 0.904. The zero-order chi connectivity index (χ0) is 11.8. The highest BCUT2D eigenvalue weighted by molar-refractivity contribution is 5.85. The minimum absolute atomic E-state index is 0.0542. The third-order valence-corrected chi connectivity index (χ3v) is 2.09. The molecule has 0 aromatic rings. The van der Waals surface area contributed by atoms with E-state index in [9.17, 15) is 9.59 Å². The van der Waals surface area contributed by atoms with Gasteiger partial charge in [0, 0.05) is 12.6 Å². The number of hydrogen-bond acceptors (Lipinski definition) is 3. The van der Waals surface area contributed by atoms with Crippen molar-refractivity contribution in [2.75, 3.05) is 26.7 Å². The molecule has 15 heavy (non-hydrogen) atoms. The van der Waals surface area contributed by atoms with Crippen LogP contribution in [0, 0.1) is 0 Å². The van der Waals surface area contributed by atoms with Crippen molar-refractivity contribution in [2.24, 2.45) is 0 Å². The lowest BCUT2D eigenvalue weighted by Gasteiger charge is -2.19. The van der Waals surface area contributed by atoms with Crippen LogP contribution in [-0.2, 0) is 9.59 Å². The van der Waals surface area contributed by atoms with Crippen LogP contribution < -0.4 is 10.6 Å². The summed E-state index contributed by atoms with van der Waals surface area (Å²) < 4.78 is 0. The molecule has 0 rings (SSSR count). The average Bonchev–Trinajstić information content (AvgIpc) is 2.15. The van der Waals surface area contributed by atoms with Gasteiger partial charge in [-0.3, -0.25) is 14.5 Å². The molecule has 0 fully saturated rings. The van der Waals surface area contributed by atoms with Crippen LogP contribution in [0.4, 0.5) is 0 Å². The lowest BCUT2D eigenvalue weighted by atomic mass is 10.3. The van der Waals surface area contributed by atoms with E-state index < -0.39 is 0 Å². The van der Waals surface area contributed by atoms with Gasteiger partial charge in [0.05, 0.1) is 13.1 Å². The highest BCUT2D eigenvalue weighted by atomic mass is 16.2. The van der Waals surface area contributed by atoms with E-state index >= 15 is 0 Å². The molecule has 0 aromatic heterocycles. The number of amides is 2. The largest absolute Gasteiger partial charge is 0.355 e. The maximum absolute atomic E-state index is 11.3. The first kappa shape index (κ1) is 13.9. The molecule has 0 heterocycles. The standard InChI is InChI=1S/C10H21N3O2/c1-5-11-9(14)6-12-10(15)7-13(4)8(2)3/h8H,5-7H2,1-4H3,(H,11,14)(H,12,15). The van der Waals surface area contributed by atoms with Crippen molar-refractivity contribution >= 4 is 11.8 Å². The molecule has 0 atom stereocenters. The van der Waals surface area contributed by atoms with Crippen molar-refractivity contribution in [3.63, 3.8) is 0 Å². The maximum Gasteiger partial charge on any atom is 0.239 e. The fourth-order valence-corrected chi connectivity index (χ4v) is 0.904. The Bertz CT molecular complexity index is 217. The summed E-state index contributed by atoms with van der Waals surface area (Å²) in [5.74, 6) is -0.282. The van der Waals surface area contributed by atoms with Crippen LogP contribution in [0.5, 0.6) is 0 Å². The number of hydrogen-bond donors (Lipinski definition) is 2. The smallest absolute Gasteiger partial charge is 0.239 e. The first-order valence-corrected chi connectivity index (χ1v) is 5.21. The van der Waals surface area contributed by atoms with Crippen LogP contribution in [0.3, 0.4) is 0 Å². The fraction of sp³-hybridized carbons (Fsp3) is 0.800. The van der Waals surface area contributed by atoms with E-state index in [1.165, 1.54) is 0 Å². The third kappa shape index (κ3) is 6.90. The van der Waals surface area contributed by atoms with Gasteiger partial charge in [0.15, 0.2) is 0 Å². The number of carbonyl (C=O) groups excluding carboxylic acids is 2. The second-order valence-corrected chi connectivity index (χ2v) is 3.74. The van der Waals surface area contributed by atoms with Crippen LogP contribution >= 0.6 is 0 Å². The summed E-state index contributed by atoms with van der Waals surface area (Å²) in [4.78, 5) is 24.3. The molecule has 0 radical (unpaired) electrons. The van der Waals surface area contributed by atoms with Gasteiger partial charge in [-0.15, -0.1) is 0 Å². The Labute approximate surface area is 91.2 Å². The van der Waals surface area contributed by atoms with Gasteiger partial charge in [-0.05, 0) is 27.8 Å². The van der Waals surface area contributed by atoms with Crippen molar-refractivity contribution in [3.8, 4) is 0 Å². The summed E-state index contributed by atoms with van der Waals surface area (Å²) in [5, 5.41) is 5.17. The Morgan fingerprint density at radius 3 is 2.27 bits per heavy atom. The summed E-state index contributed by atoms with van der Waals surface area (Å²) in [7, 11) is 1.87. The van der Waals surface area contributed by atoms with Gasteiger partial charge >= 0.3 is 0 Å². The molecule has 0 aliphatic heterocycles. The molecule has 2 N–H and O–H groups in total. The SMILES string of the molecule is CCNC(=O)CNC(=O)CN(C)C(C)C. The summed E-state index contributed by atoms with van der Waals surface area (Å²) in [6, 6.07) is 0.320. The van der Waals surface area contributed by atoms with E-state index in [1.54, 1.807) is 0 Å². The Kier molecular flexibility index (Phi) is 6.70. The molecule has 0 saturated heterocycles. The number of likely N-dealkylation sites (N-methyl/N-ethyl adjacent to an activating group) is 2. The second kappa shape index (κ2) is 7.23. The molecule has 5 heteroatoms. The van der Waals surface area contributed by atoms with Gasteiger partial charge in [-0.2, -0.15) is 0 Å². The highest BCUT2D eigenvalue weighted by Gasteiger charge is 2.09. The van der Waals surface area contributed by atoms with Crippen molar-refractivity contribution in [1.82, 2.24) is 15.5 Å². The quantitative estimate of drug-likeness (QED) is 0.632. The monoisotopic (exact) mass is 215 g/mol. The first-order valence-electron chi connectivity index (χ1n) is 5.21. The summed E-state index contributed by atoms with van der Waals surface area (Å²) in [6.45, 7) is 6.82. The molecule has 0 spiro atoms. The van der Waals surface area contributed by atoms with Crippen molar-refractivity contribution in [1.29, 1.82) is 0 Å². The highest BCUT2D eigenvalue weighted by Crippen LogP contribution is 1.91. The van der Waals surface area contributed by atoms with Gasteiger partial charge in [-0.25, -0.2) is 0 Å². The molecule has 0 saturated carbocycles. The molecule has 88 valence electrons. The zero-order valence-electron chi connectivity index (χ0n) is 9.96. The molecule has 5 nitrogen and oxygen atoms in total. The maximum atomic E-state index is 11.3. The van der Waals surface area contributed by atoms with Gasteiger partial charge < -0.3 is 10.6 Å². The minimum Gasteiger partial charge on any atom is -0.355 e. The van der Waals surface area contributed by atoms with Gasteiger partial charge in [0.2, 0.25) is 11.8 Å². The molecule has 0 unspecified atom stereocenters. The molecule has 0 aliphatic carbocycles. The van der Waals surface area contributed by atoms with E-state index in [0.29, 0.717) is 19.1 Å². The van der Waals surface area contributed by atoms with Crippen LogP contribution in [0.2, 0.25) is 0 Å². The molecule has 0 aromatic carbocycles. The van der Waals surface area contributed by atoms with Crippen molar-refractivity contribution in [3.05, 3.63) is 0 Å². The number of carbonyl (C=O) groups is 2. The average molecular weight is 215 g/mol. The Morgan fingerprint density at radius 1 is 1.20 bits per heavy atom. The second-order valence-electron chi connectivity index (χ2n) is 3.74. The van der Waals surface area contributed by atoms with Crippen molar-refractivity contribution < 1.29 is 9.59 Å². The zero-order valence-corrected chi connectivity index (χ0v) is 9.96.